The molecule has 0 amide bonds. The highest BCUT2D eigenvalue weighted by Gasteiger charge is 2.38. The van der Waals surface area contributed by atoms with Crippen LogP contribution >= 0.6 is 0 Å². The van der Waals surface area contributed by atoms with Gasteiger partial charge in [-0.05, 0) is 85.9 Å². The lowest BCUT2D eigenvalue weighted by molar-refractivity contribution is 0.661. The molecule has 14 rings (SSSR count). The van der Waals surface area contributed by atoms with Gasteiger partial charge in [-0.2, -0.15) is 9.97 Å². The first-order chi connectivity index (χ1) is 33.4. The maximum absolute atomic E-state index is 6.43. The molecule has 0 atom stereocenters. The van der Waals surface area contributed by atoms with E-state index in [-0.39, 0.29) is 5.41 Å². The number of para-hydroxylation sites is 2. The molecule has 1 aliphatic carbocycles. The fraction of sp³-hybridized carbons (Fsp3) is 0.0635. The average Bonchev–Trinajstić information content (AvgIpc) is 4.01. The zero-order valence-electron chi connectivity index (χ0n) is 38.0. The van der Waals surface area contributed by atoms with Gasteiger partial charge >= 0.3 is 0 Å². The molecule has 0 radical (unpaired) electrons. The van der Waals surface area contributed by atoms with Crippen LogP contribution in [0.15, 0.2) is 211 Å². The maximum Gasteiger partial charge on any atom is 0.238 e. The summed E-state index contributed by atoms with van der Waals surface area (Å²) in [6.45, 7) is 9.98. The molecule has 5 nitrogen and oxygen atoms in total. The number of nitrogens with zero attached hydrogens (tertiary/aromatic N) is 4. The van der Waals surface area contributed by atoms with Gasteiger partial charge in [-0.1, -0.05) is 190 Å². The van der Waals surface area contributed by atoms with E-state index in [1.807, 2.05) is 19.1 Å². The summed E-state index contributed by atoms with van der Waals surface area (Å²) in [5.74, 6) is 1.71. The molecule has 68 heavy (non-hydrogen) atoms. The fourth-order valence-corrected chi connectivity index (χ4v) is 10.9. The quantitative estimate of drug-likeness (QED) is 0.165. The second-order valence-electron chi connectivity index (χ2n) is 18.3. The van der Waals surface area contributed by atoms with Crippen molar-refractivity contribution in [2.45, 2.75) is 26.2 Å². The summed E-state index contributed by atoms with van der Waals surface area (Å²) in [7, 11) is 0. The van der Waals surface area contributed by atoms with Gasteiger partial charge < -0.3 is 4.42 Å². The van der Waals surface area contributed by atoms with Crippen molar-refractivity contribution in [3.63, 3.8) is 0 Å². The number of furan rings is 1. The van der Waals surface area contributed by atoms with Gasteiger partial charge in [0.15, 0.2) is 11.6 Å². The number of hydrogen-bond donors (Lipinski definition) is 0. The summed E-state index contributed by atoms with van der Waals surface area (Å²) in [5.41, 5.74) is 12.9. The minimum atomic E-state index is -0.194. The normalized spacial score (nSPS) is 12.8. The van der Waals surface area contributed by atoms with Gasteiger partial charge in [-0.3, -0.25) is 4.57 Å². The van der Waals surface area contributed by atoms with E-state index >= 15 is 0 Å². The Morgan fingerprint density at radius 3 is 1.79 bits per heavy atom. The van der Waals surface area contributed by atoms with E-state index < -0.39 is 0 Å². The largest absolute Gasteiger partial charge is 0.456 e. The molecule has 0 spiro atoms. The standard InChI is InChI=1S/C60H38N4O.C3H6/c1-60(2)49-23-12-20-45(54(49)53-41-17-7-5-14-36(41)29-32-50(53)60)46-21-11-22-47-48-31-27-37-15-6-8-18-42(37)55(48)64(56(46)47)59-62-57(39-26-25-35-13-3-4-16-38(35)33-39)61-58(63-59)40-28-30-44-43-19-9-10-24-51(43)65-52(44)34-40;1-3-2/h3-34H,1-2H3;3H,1H2,2H3. The Morgan fingerprint density at radius 1 is 0.441 bits per heavy atom. The first kappa shape index (κ1) is 39.7. The zero-order chi connectivity index (χ0) is 45.7. The summed E-state index contributed by atoms with van der Waals surface area (Å²) in [6.07, 6.45) is 1.75. The lowest BCUT2D eigenvalue weighted by Gasteiger charge is -2.22. The lowest BCUT2D eigenvalue weighted by Crippen LogP contribution is -2.14. The maximum atomic E-state index is 6.43. The third-order valence-electron chi connectivity index (χ3n) is 14.0. The van der Waals surface area contributed by atoms with Gasteiger partial charge in [-0.25, -0.2) is 4.98 Å². The van der Waals surface area contributed by atoms with Crippen LogP contribution in [0.25, 0.3) is 127 Å². The first-order valence-corrected chi connectivity index (χ1v) is 23.3. The van der Waals surface area contributed by atoms with Crippen LogP contribution in [0.5, 0.6) is 0 Å². The van der Waals surface area contributed by atoms with Gasteiger partial charge in [0, 0.05) is 49.0 Å². The predicted molar refractivity (Wildman–Crippen MR) is 284 cm³/mol. The second-order valence-corrected chi connectivity index (χ2v) is 18.3. The van der Waals surface area contributed by atoms with Crippen molar-refractivity contribution < 1.29 is 4.42 Å². The molecule has 3 aromatic heterocycles. The molecule has 0 bridgehead atoms. The van der Waals surface area contributed by atoms with Gasteiger partial charge in [0.1, 0.15) is 11.2 Å². The van der Waals surface area contributed by atoms with Gasteiger partial charge in [0.25, 0.3) is 0 Å². The molecule has 322 valence electrons. The van der Waals surface area contributed by atoms with E-state index in [0.717, 1.165) is 82.0 Å². The van der Waals surface area contributed by atoms with E-state index in [0.29, 0.717) is 17.6 Å². The predicted octanol–water partition coefficient (Wildman–Crippen LogP) is 16.8. The zero-order valence-corrected chi connectivity index (χ0v) is 38.0. The summed E-state index contributed by atoms with van der Waals surface area (Å²) in [5, 5.41) is 11.5. The highest BCUT2D eigenvalue weighted by atomic mass is 16.3. The SMILES string of the molecule is C=CC.CC1(C)c2cccc(-c3cccc4c5ccc6ccccc6c5n(-c5nc(-c6ccc7ccccc7c6)nc(-c6ccc7c(c6)oc6ccccc67)n5)c34)c2-c2c1ccc1ccccc21. The van der Waals surface area contributed by atoms with Crippen LogP contribution in [0.2, 0.25) is 0 Å². The van der Waals surface area contributed by atoms with Crippen molar-refractivity contribution in [3.05, 3.63) is 218 Å². The van der Waals surface area contributed by atoms with Crippen LogP contribution in [-0.2, 0) is 5.41 Å². The first-order valence-electron chi connectivity index (χ1n) is 23.3. The van der Waals surface area contributed by atoms with Crippen LogP contribution < -0.4 is 0 Å². The van der Waals surface area contributed by atoms with Crippen molar-refractivity contribution >= 4 is 76.1 Å². The van der Waals surface area contributed by atoms with Crippen LogP contribution in [0.3, 0.4) is 0 Å². The smallest absolute Gasteiger partial charge is 0.238 e. The highest BCUT2D eigenvalue weighted by Crippen LogP contribution is 2.55. The minimum absolute atomic E-state index is 0.194. The molecule has 0 aliphatic heterocycles. The Labute approximate surface area is 393 Å². The number of fused-ring (bicyclic) bond motifs is 14. The Kier molecular flexibility index (Phi) is 8.86. The highest BCUT2D eigenvalue weighted by molar-refractivity contribution is 6.22. The number of aromatic nitrogens is 4. The van der Waals surface area contributed by atoms with E-state index in [2.05, 4.69) is 207 Å². The molecule has 3 heterocycles. The summed E-state index contributed by atoms with van der Waals surface area (Å²) in [4.78, 5) is 16.3. The molecular formula is C63H44N4O. The molecular weight excluding hydrogens is 829 g/mol. The molecule has 0 N–H and O–H groups in total. The number of hydrogen-bond acceptors (Lipinski definition) is 4. The Hall–Kier alpha value is -8.67. The number of benzene rings is 10. The van der Waals surface area contributed by atoms with Crippen LogP contribution in [0, 0.1) is 0 Å². The summed E-state index contributed by atoms with van der Waals surface area (Å²) >= 11 is 0. The molecule has 13 aromatic rings. The average molecular weight is 873 g/mol. The van der Waals surface area contributed by atoms with E-state index in [9.17, 15) is 0 Å². The van der Waals surface area contributed by atoms with Crippen molar-refractivity contribution in [3.8, 4) is 51.0 Å². The molecule has 0 unspecified atom stereocenters. The van der Waals surface area contributed by atoms with Crippen LogP contribution in [-0.4, -0.2) is 19.5 Å². The molecule has 10 aromatic carbocycles. The lowest BCUT2D eigenvalue weighted by atomic mass is 9.81. The minimum Gasteiger partial charge on any atom is -0.456 e. The molecule has 0 saturated carbocycles. The Morgan fingerprint density at radius 2 is 0.985 bits per heavy atom. The molecule has 0 saturated heterocycles. The molecule has 0 fully saturated rings. The van der Waals surface area contributed by atoms with E-state index in [1.165, 1.54) is 38.6 Å². The second kappa shape index (κ2) is 15.2. The Balaban J connectivity index is 0.00000149. The number of rotatable bonds is 4. The summed E-state index contributed by atoms with van der Waals surface area (Å²) in [6, 6.07) is 69.6. The molecule has 1 aliphatic rings. The van der Waals surface area contributed by atoms with Crippen LogP contribution in [0.4, 0.5) is 0 Å². The molecule has 5 heteroatoms. The van der Waals surface area contributed by atoms with E-state index in [1.54, 1.807) is 6.08 Å². The fourth-order valence-electron chi connectivity index (χ4n) is 10.9. The van der Waals surface area contributed by atoms with Gasteiger partial charge in [0.05, 0.1) is 11.0 Å². The third kappa shape index (κ3) is 5.92. The number of allylic oxidation sites excluding steroid dienone is 1. The topological polar surface area (TPSA) is 56.7 Å². The van der Waals surface area contributed by atoms with Crippen molar-refractivity contribution in [1.82, 2.24) is 19.5 Å². The third-order valence-corrected chi connectivity index (χ3v) is 14.0. The summed E-state index contributed by atoms with van der Waals surface area (Å²) < 4.78 is 8.76. The van der Waals surface area contributed by atoms with Crippen LogP contribution in [0.1, 0.15) is 31.9 Å². The van der Waals surface area contributed by atoms with Gasteiger partial charge in [0.2, 0.25) is 5.95 Å². The monoisotopic (exact) mass is 872 g/mol. The Bertz CT molecular complexity index is 4230. The van der Waals surface area contributed by atoms with Crippen molar-refractivity contribution in [2.24, 2.45) is 0 Å². The van der Waals surface area contributed by atoms with Crippen molar-refractivity contribution in [1.29, 1.82) is 0 Å². The van der Waals surface area contributed by atoms with E-state index in [4.69, 9.17) is 19.4 Å². The van der Waals surface area contributed by atoms with Crippen molar-refractivity contribution in [2.75, 3.05) is 0 Å². The van der Waals surface area contributed by atoms with Gasteiger partial charge in [-0.15, -0.1) is 6.58 Å².